The zero-order chi connectivity index (χ0) is 14.0. The maximum atomic E-state index is 13.4. The van der Waals surface area contributed by atoms with Gasteiger partial charge in [-0.15, -0.1) is 0 Å². The van der Waals surface area contributed by atoms with Crippen LogP contribution in [0, 0.1) is 11.6 Å². The third kappa shape index (κ3) is 2.96. The van der Waals surface area contributed by atoms with Crippen LogP contribution >= 0.6 is 11.6 Å². The summed E-state index contributed by atoms with van der Waals surface area (Å²) >= 11 is 5.63. The van der Waals surface area contributed by atoms with Crippen LogP contribution in [0.25, 0.3) is 0 Å². The Hall–Kier alpha value is -1.80. The monoisotopic (exact) mass is 305 g/mol. The summed E-state index contributed by atoms with van der Waals surface area (Å²) < 4.78 is 51.9. The fourth-order valence-corrected chi connectivity index (χ4v) is 2.55. The fraction of sp³-hybridized carbons (Fsp3) is 0. The molecule has 0 fully saturated rings. The Kier molecular flexibility index (Phi) is 3.63. The van der Waals surface area contributed by atoms with Crippen molar-refractivity contribution in [3.05, 3.63) is 47.4 Å². The first-order chi connectivity index (χ1) is 8.90. The molecule has 1 aromatic heterocycles. The highest BCUT2D eigenvalue weighted by molar-refractivity contribution is 7.92. The van der Waals surface area contributed by atoms with E-state index in [2.05, 4.69) is 9.97 Å². The van der Waals surface area contributed by atoms with Gasteiger partial charge < -0.3 is 0 Å². The molecule has 0 aliphatic carbocycles. The first kappa shape index (κ1) is 13.6. The summed E-state index contributed by atoms with van der Waals surface area (Å²) in [6.07, 6.45) is 2.48. The van der Waals surface area contributed by atoms with Gasteiger partial charge in [0.15, 0.2) is 11.0 Å². The number of benzene rings is 1. The number of sulfonamides is 1. The number of anilines is 1. The SMILES string of the molecule is O=S(=O)(Nc1nccnc1Cl)c1ccc(F)cc1F. The molecule has 5 nitrogen and oxygen atoms in total. The van der Waals surface area contributed by atoms with Gasteiger partial charge in [-0.1, -0.05) is 11.6 Å². The maximum absolute atomic E-state index is 13.4. The smallest absolute Gasteiger partial charge is 0.261 e. The number of halogens is 3. The number of hydrogen-bond donors (Lipinski definition) is 1. The molecule has 100 valence electrons. The molecule has 0 aliphatic heterocycles. The fourth-order valence-electron chi connectivity index (χ4n) is 1.26. The van der Waals surface area contributed by atoms with E-state index in [1.165, 1.54) is 12.4 Å². The van der Waals surface area contributed by atoms with Gasteiger partial charge in [0.25, 0.3) is 10.0 Å². The second-order valence-electron chi connectivity index (χ2n) is 3.38. The van der Waals surface area contributed by atoms with Crippen LogP contribution in [0.4, 0.5) is 14.6 Å². The van der Waals surface area contributed by atoms with Crippen LogP contribution in [-0.2, 0) is 10.0 Å². The zero-order valence-electron chi connectivity index (χ0n) is 9.14. The van der Waals surface area contributed by atoms with Gasteiger partial charge in [-0.25, -0.2) is 27.2 Å². The Morgan fingerprint density at radius 2 is 1.84 bits per heavy atom. The highest BCUT2D eigenvalue weighted by Crippen LogP contribution is 2.21. The van der Waals surface area contributed by atoms with Crippen LogP contribution in [0.3, 0.4) is 0 Å². The van der Waals surface area contributed by atoms with Crippen LogP contribution in [0.1, 0.15) is 0 Å². The van der Waals surface area contributed by atoms with E-state index < -0.39 is 26.6 Å². The average Bonchev–Trinajstić information content (AvgIpc) is 2.31. The van der Waals surface area contributed by atoms with Crippen LogP contribution in [0.5, 0.6) is 0 Å². The van der Waals surface area contributed by atoms with Crippen LogP contribution in [0.15, 0.2) is 35.5 Å². The van der Waals surface area contributed by atoms with Gasteiger partial charge in [0.05, 0.1) is 0 Å². The highest BCUT2D eigenvalue weighted by Gasteiger charge is 2.21. The second kappa shape index (κ2) is 5.06. The predicted molar refractivity (Wildman–Crippen MR) is 64.2 cm³/mol. The maximum Gasteiger partial charge on any atom is 0.266 e. The van der Waals surface area contributed by atoms with Crippen LogP contribution in [0.2, 0.25) is 5.15 Å². The Morgan fingerprint density at radius 1 is 1.16 bits per heavy atom. The molecule has 9 heteroatoms. The second-order valence-corrected chi connectivity index (χ2v) is 5.38. The quantitative estimate of drug-likeness (QED) is 0.943. The molecule has 1 N–H and O–H groups in total. The lowest BCUT2D eigenvalue weighted by Gasteiger charge is -2.08. The minimum absolute atomic E-state index is 0.186. The van der Waals surface area contributed by atoms with Crippen LogP contribution in [-0.4, -0.2) is 18.4 Å². The van der Waals surface area contributed by atoms with Crippen molar-refractivity contribution in [3.63, 3.8) is 0 Å². The van der Waals surface area contributed by atoms with Gasteiger partial charge in [-0.2, -0.15) is 0 Å². The molecular weight excluding hydrogens is 300 g/mol. The summed E-state index contributed by atoms with van der Waals surface area (Å²) in [5, 5.41) is -0.186. The van der Waals surface area contributed by atoms with Crippen molar-refractivity contribution >= 4 is 27.4 Å². The van der Waals surface area contributed by atoms with E-state index in [9.17, 15) is 17.2 Å². The number of nitrogens with one attached hydrogen (secondary N) is 1. The van der Waals surface area contributed by atoms with Gasteiger partial charge in [0.2, 0.25) is 0 Å². The molecular formula is C10H6ClF2N3O2S. The largest absolute Gasteiger partial charge is 0.266 e. The highest BCUT2D eigenvalue weighted by atomic mass is 35.5. The van der Waals surface area contributed by atoms with Gasteiger partial charge in [0, 0.05) is 18.5 Å². The number of aromatic nitrogens is 2. The molecule has 0 saturated carbocycles. The topological polar surface area (TPSA) is 72.0 Å². The first-order valence-electron chi connectivity index (χ1n) is 4.84. The third-order valence-electron chi connectivity index (χ3n) is 2.07. The van der Waals surface area contributed by atoms with E-state index in [0.717, 1.165) is 12.1 Å². The molecule has 19 heavy (non-hydrogen) atoms. The van der Waals surface area contributed by atoms with E-state index in [0.29, 0.717) is 6.07 Å². The van der Waals surface area contributed by atoms with Gasteiger partial charge in [0.1, 0.15) is 16.5 Å². The standard InChI is InChI=1S/C10H6ClF2N3O2S/c11-9-10(15-4-3-14-9)16-19(17,18)8-2-1-6(12)5-7(8)13/h1-5H,(H,15,16). The van der Waals surface area contributed by atoms with Crippen LogP contribution < -0.4 is 4.72 Å². The van der Waals surface area contributed by atoms with Crippen molar-refractivity contribution in [2.24, 2.45) is 0 Å². The molecule has 1 heterocycles. The molecule has 0 bridgehead atoms. The zero-order valence-corrected chi connectivity index (χ0v) is 10.7. The van der Waals surface area contributed by atoms with Crippen molar-refractivity contribution in [3.8, 4) is 0 Å². The lowest BCUT2D eigenvalue weighted by Crippen LogP contribution is -2.16. The molecule has 0 amide bonds. The van der Waals surface area contributed by atoms with Gasteiger partial charge >= 0.3 is 0 Å². The summed E-state index contributed by atoms with van der Waals surface area (Å²) in [4.78, 5) is 6.56. The summed E-state index contributed by atoms with van der Waals surface area (Å²) in [7, 11) is -4.26. The van der Waals surface area contributed by atoms with Crippen molar-refractivity contribution in [2.75, 3.05) is 4.72 Å². The van der Waals surface area contributed by atoms with E-state index in [-0.39, 0.29) is 11.0 Å². The molecule has 2 aromatic rings. The van der Waals surface area contributed by atoms with Crippen molar-refractivity contribution in [2.45, 2.75) is 4.90 Å². The Balaban J connectivity index is 2.41. The first-order valence-corrected chi connectivity index (χ1v) is 6.70. The molecule has 0 aliphatic rings. The molecule has 0 spiro atoms. The van der Waals surface area contributed by atoms with E-state index in [1.807, 2.05) is 4.72 Å². The lowest BCUT2D eigenvalue weighted by molar-refractivity contribution is 0.551. The summed E-state index contributed by atoms with van der Waals surface area (Å²) in [5.41, 5.74) is 0. The number of rotatable bonds is 3. The molecule has 2 rings (SSSR count). The summed E-state index contributed by atoms with van der Waals surface area (Å²) in [6, 6.07) is 2.10. The van der Waals surface area contributed by atoms with Gasteiger partial charge in [-0.3, -0.25) is 4.72 Å². The van der Waals surface area contributed by atoms with Crippen molar-refractivity contribution in [1.29, 1.82) is 0 Å². The minimum Gasteiger partial charge on any atom is -0.261 e. The Bertz CT molecular complexity index is 724. The molecule has 0 unspecified atom stereocenters. The van der Waals surface area contributed by atoms with Crippen molar-refractivity contribution in [1.82, 2.24) is 9.97 Å². The predicted octanol–water partition coefficient (Wildman–Crippen LogP) is 2.21. The van der Waals surface area contributed by atoms with Gasteiger partial charge in [-0.05, 0) is 12.1 Å². The molecule has 1 aromatic carbocycles. The van der Waals surface area contributed by atoms with E-state index in [1.54, 1.807) is 0 Å². The van der Waals surface area contributed by atoms with E-state index in [4.69, 9.17) is 11.6 Å². The summed E-state index contributed by atoms with van der Waals surface area (Å²) in [5.74, 6) is -2.34. The third-order valence-corrected chi connectivity index (χ3v) is 3.72. The van der Waals surface area contributed by atoms with Crippen molar-refractivity contribution < 1.29 is 17.2 Å². The average molecular weight is 306 g/mol. The molecule has 0 saturated heterocycles. The lowest BCUT2D eigenvalue weighted by atomic mass is 10.3. The number of hydrogen-bond acceptors (Lipinski definition) is 4. The number of nitrogens with zero attached hydrogens (tertiary/aromatic N) is 2. The normalized spacial score (nSPS) is 11.3. The molecule has 0 radical (unpaired) electrons. The Labute approximate surface area is 112 Å². The molecule has 0 atom stereocenters. The minimum atomic E-state index is -4.26. The van der Waals surface area contributed by atoms with E-state index >= 15 is 0 Å². The summed E-state index contributed by atoms with van der Waals surface area (Å²) in [6.45, 7) is 0. The Morgan fingerprint density at radius 3 is 2.47 bits per heavy atom.